The Hall–Kier alpha value is -2.68. The monoisotopic (exact) mass is 512 g/mol. The van der Waals surface area contributed by atoms with Crippen molar-refractivity contribution < 1.29 is 34.5 Å². The molecule has 0 aliphatic carbocycles. The molecule has 13 nitrogen and oxygen atoms in total. The summed E-state index contributed by atoms with van der Waals surface area (Å²) in [5.74, 6) is -3.99. The topological polar surface area (TPSA) is 221 Å². The van der Waals surface area contributed by atoms with Crippen molar-refractivity contribution in [3.63, 3.8) is 0 Å². The molecule has 35 heavy (non-hydrogen) atoms. The van der Waals surface area contributed by atoms with Gasteiger partial charge in [-0.25, -0.2) is 4.79 Å². The van der Waals surface area contributed by atoms with Crippen molar-refractivity contribution in [3.8, 4) is 0 Å². The Morgan fingerprint density at radius 3 is 2.63 bits per heavy atom. The first-order valence-electron chi connectivity index (χ1n) is 11.4. The van der Waals surface area contributed by atoms with E-state index < -0.39 is 36.0 Å². The lowest BCUT2D eigenvalue weighted by Crippen LogP contribution is -2.63. The molecule has 2 saturated heterocycles. The van der Waals surface area contributed by atoms with Gasteiger partial charge >= 0.3 is 11.9 Å². The number of amides is 2. The maximum Gasteiger partial charge on any atom is 0.353 e. The fourth-order valence-corrected chi connectivity index (χ4v) is 6.22. The molecular weight excluding hydrogens is 480 g/mol. The molecule has 7 atom stereocenters. The number of aliphatic carboxylic acids is 2. The van der Waals surface area contributed by atoms with Crippen LogP contribution in [0, 0.1) is 11.8 Å². The van der Waals surface area contributed by atoms with Gasteiger partial charge in [0.25, 0.3) is 0 Å². The summed E-state index contributed by atoms with van der Waals surface area (Å²) in [5.41, 5.74) is 11.1. The second-order valence-electron chi connectivity index (χ2n) is 9.05. The SMILES string of the molecule is C[C@H]1C(S[C@@H]2CN[C@H](C(=O)NC(N)=NCCCC(N)C(=O)O)C2)=C(C(=O)O)N2C(=O)[C@@H]([C@@H](C)O)C12. The van der Waals surface area contributed by atoms with E-state index in [0.29, 0.717) is 24.3 Å². The molecule has 2 unspecified atom stereocenters. The van der Waals surface area contributed by atoms with E-state index in [0.717, 1.165) is 0 Å². The van der Waals surface area contributed by atoms with Gasteiger partial charge in [-0.05, 0) is 26.2 Å². The van der Waals surface area contributed by atoms with Crippen molar-refractivity contribution in [2.45, 2.75) is 62.6 Å². The number of fused-ring (bicyclic) bond motifs is 1. The number of rotatable bonds is 10. The number of aliphatic hydroxyl groups excluding tert-OH is 1. The molecule has 3 aliphatic heterocycles. The van der Waals surface area contributed by atoms with Crippen molar-refractivity contribution in [2.75, 3.05) is 13.1 Å². The molecule has 0 aromatic carbocycles. The van der Waals surface area contributed by atoms with Gasteiger partial charge in [0.1, 0.15) is 11.7 Å². The van der Waals surface area contributed by atoms with Crippen LogP contribution < -0.4 is 22.1 Å². The van der Waals surface area contributed by atoms with Crippen LogP contribution in [0.5, 0.6) is 0 Å². The molecule has 3 aliphatic rings. The van der Waals surface area contributed by atoms with Crippen molar-refractivity contribution in [2.24, 2.45) is 28.3 Å². The first-order chi connectivity index (χ1) is 16.4. The highest BCUT2D eigenvalue weighted by atomic mass is 32.2. The van der Waals surface area contributed by atoms with E-state index in [4.69, 9.17) is 16.6 Å². The molecule has 0 saturated carbocycles. The highest BCUT2D eigenvalue weighted by Crippen LogP contribution is 2.51. The van der Waals surface area contributed by atoms with Crippen LogP contribution in [0.1, 0.15) is 33.1 Å². The van der Waals surface area contributed by atoms with Gasteiger partial charge < -0.3 is 37.0 Å². The summed E-state index contributed by atoms with van der Waals surface area (Å²) in [6.45, 7) is 4.05. The highest BCUT2D eigenvalue weighted by molar-refractivity contribution is 8.03. The maximum atomic E-state index is 12.6. The lowest BCUT2D eigenvalue weighted by Gasteiger charge is -2.46. The Morgan fingerprint density at radius 2 is 2.03 bits per heavy atom. The Bertz CT molecular complexity index is 954. The van der Waals surface area contributed by atoms with Crippen LogP contribution in [0.25, 0.3) is 0 Å². The van der Waals surface area contributed by atoms with Crippen LogP contribution >= 0.6 is 11.8 Å². The minimum Gasteiger partial charge on any atom is -0.480 e. The average Bonchev–Trinajstić information content (AvgIpc) is 3.33. The predicted molar refractivity (Wildman–Crippen MR) is 127 cm³/mol. The molecule has 194 valence electrons. The van der Waals surface area contributed by atoms with Crippen molar-refractivity contribution >= 4 is 41.5 Å². The zero-order valence-corrected chi connectivity index (χ0v) is 20.3. The van der Waals surface area contributed by atoms with Gasteiger partial charge in [-0.15, -0.1) is 11.8 Å². The first-order valence-corrected chi connectivity index (χ1v) is 12.3. The third-order valence-electron chi connectivity index (χ3n) is 6.54. The smallest absolute Gasteiger partial charge is 0.353 e. The van der Waals surface area contributed by atoms with E-state index in [-0.39, 0.29) is 53.6 Å². The maximum absolute atomic E-state index is 12.6. The number of nitrogens with zero attached hydrogens (tertiary/aromatic N) is 2. The second kappa shape index (κ2) is 10.9. The second-order valence-corrected chi connectivity index (χ2v) is 10.4. The lowest BCUT2D eigenvalue weighted by molar-refractivity contribution is -0.163. The number of nitrogens with two attached hydrogens (primary N) is 2. The molecule has 14 heteroatoms. The molecule has 0 spiro atoms. The molecule has 0 radical (unpaired) electrons. The van der Waals surface area contributed by atoms with Crippen molar-refractivity contribution in [1.82, 2.24) is 15.5 Å². The van der Waals surface area contributed by atoms with E-state index in [1.54, 1.807) is 0 Å². The number of β-lactam (4-membered cyclic amide) rings is 1. The summed E-state index contributed by atoms with van der Waals surface area (Å²) in [4.78, 5) is 53.5. The summed E-state index contributed by atoms with van der Waals surface area (Å²) >= 11 is 1.34. The molecule has 2 fully saturated rings. The van der Waals surface area contributed by atoms with Gasteiger partial charge in [0, 0.05) is 29.2 Å². The van der Waals surface area contributed by atoms with Crippen molar-refractivity contribution in [3.05, 3.63) is 10.6 Å². The van der Waals surface area contributed by atoms with E-state index in [2.05, 4.69) is 15.6 Å². The number of guanidine groups is 1. The summed E-state index contributed by atoms with van der Waals surface area (Å²) in [7, 11) is 0. The first kappa shape index (κ1) is 26.9. The molecule has 0 aromatic rings. The average molecular weight is 513 g/mol. The Balaban J connectivity index is 1.55. The molecule has 9 N–H and O–H groups in total. The van der Waals surface area contributed by atoms with Crippen LogP contribution in [0.2, 0.25) is 0 Å². The minimum atomic E-state index is -1.19. The Morgan fingerprint density at radius 1 is 1.34 bits per heavy atom. The largest absolute Gasteiger partial charge is 0.480 e. The number of carbonyl (C=O) groups excluding carboxylic acids is 2. The summed E-state index contributed by atoms with van der Waals surface area (Å²) in [5, 5.41) is 34.0. The number of thioether (sulfide) groups is 1. The van der Waals surface area contributed by atoms with Crippen LogP contribution in [-0.2, 0) is 19.2 Å². The third-order valence-corrected chi connectivity index (χ3v) is 8.05. The van der Waals surface area contributed by atoms with E-state index in [9.17, 15) is 29.4 Å². The van der Waals surface area contributed by atoms with Crippen LogP contribution in [0.3, 0.4) is 0 Å². The fourth-order valence-electron chi connectivity index (χ4n) is 4.74. The van der Waals surface area contributed by atoms with Crippen molar-refractivity contribution in [1.29, 1.82) is 0 Å². The van der Waals surface area contributed by atoms with E-state index in [1.807, 2.05) is 6.92 Å². The predicted octanol–water partition coefficient (Wildman–Crippen LogP) is -1.77. The number of aliphatic hydroxyl groups is 1. The molecular formula is C21H32N6O7S. The van der Waals surface area contributed by atoms with Gasteiger partial charge in [0.05, 0.1) is 24.1 Å². The molecule has 2 amide bonds. The van der Waals surface area contributed by atoms with Crippen LogP contribution in [0.4, 0.5) is 0 Å². The number of carboxylic acid groups (broad SMARTS) is 2. The third kappa shape index (κ3) is 5.60. The van der Waals surface area contributed by atoms with Gasteiger partial charge in [0.15, 0.2) is 5.96 Å². The standard InChI is InChI=1S/C21H32N6O7S/c1-8-14-13(9(2)28)18(30)27(14)15(20(33)34)16(8)35-10-6-12(25-7-10)17(29)26-21(23)24-5-3-4-11(22)19(31)32/h8-14,25,28H,3-7,22H2,1-2H3,(H,31,32)(H,33,34)(H3,23,24,26,29)/t8-,9-,10+,11?,12+,13+,14?/m1/s1. The van der Waals surface area contributed by atoms with Crippen LogP contribution in [0.15, 0.2) is 15.6 Å². The number of hydrogen-bond donors (Lipinski definition) is 7. The number of nitrogens with one attached hydrogen (secondary N) is 2. The highest BCUT2D eigenvalue weighted by Gasteiger charge is 2.60. The van der Waals surface area contributed by atoms with Gasteiger partial charge in [-0.1, -0.05) is 6.92 Å². The number of hydrogen-bond acceptors (Lipinski definition) is 9. The summed E-state index contributed by atoms with van der Waals surface area (Å²) < 4.78 is 0. The molecule has 0 aromatic heterocycles. The zero-order valence-electron chi connectivity index (χ0n) is 19.5. The summed E-state index contributed by atoms with van der Waals surface area (Å²) in [6.07, 6.45) is 0.184. The normalized spacial score (nSPS) is 30.1. The molecule has 0 bridgehead atoms. The van der Waals surface area contributed by atoms with Gasteiger partial charge in [0.2, 0.25) is 11.8 Å². The zero-order chi connectivity index (χ0) is 26.0. The minimum absolute atomic E-state index is 0.0405. The van der Waals surface area contributed by atoms with Crippen LogP contribution in [-0.4, -0.2) is 92.5 Å². The Kier molecular flexibility index (Phi) is 8.41. The van der Waals surface area contributed by atoms with E-state index >= 15 is 0 Å². The molecule has 3 rings (SSSR count). The Labute approximate surface area is 206 Å². The van der Waals surface area contributed by atoms with Gasteiger partial charge in [-0.3, -0.25) is 24.7 Å². The quantitative estimate of drug-likeness (QED) is 0.0751. The number of carboxylic acids is 2. The van der Waals surface area contributed by atoms with E-state index in [1.165, 1.54) is 23.6 Å². The lowest BCUT2D eigenvalue weighted by atomic mass is 9.79. The summed E-state index contributed by atoms with van der Waals surface area (Å²) in [6, 6.07) is -1.91. The number of carbonyl (C=O) groups is 4. The fraction of sp³-hybridized carbons (Fsp3) is 0.667. The molecule has 3 heterocycles. The number of aliphatic imine (C=N–C) groups is 1. The van der Waals surface area contributed by atoms with Gasteiger partial charge in [-0.2, -0.15) is 0 Å².